The van der Waals surface area contributed by atoms with Crippen LogP contribution in [-0.2, 0) is 15.0 Å². The predicted octanol–water partition coefficient (Wildman–Crippen LogP) is 3.89. The number of carbonyl (C=O) groups is 2. The fourth-order valence-corrected chi connectivity index (χ4v) is 5.11. The molecule has 0 aromatic heterocycles. The summed E-state index contributed by atoms with van der Waals surface area (Å²) in [5, 5.41) is 12.1. The molecule has 0 radical (unpaired) electrons. The molecule has 1 aromatic rings. The molecule has 5 heteroatoms. The van der Waals surface area contributed by atoms with Crippen molar-refractivity contribution in [2.75, 3.05) is 25.0 Å². The Labute approximate surface area is 162 Å². The number of amides is 1. The molecule has 0 spiro atoms. The van der Waals surface area contributed by atoms with Gasteiger partial charge in [-0.1, -0.05) is 38.3 Å². The molecule has 1 saturated heterocycles. The Hall–Kier alpha value is -1.88. The molecule has 1 heterocycles. The summed E-state index contributed by atoms with van der Waals surface area (Å²) in [5.41, 5.74) is 1.96. The highest BCUT2D eigenvalue weighted by Crippen LogP contribution is 2.66. The second-order valence-corrected chi connectivity index (χ2v) is 8.23. The van der Waals surface area contributed by atoms with Gasteiger partial charge in [0.2, 0.25) is 5.91 Å². The minimum atomic E-state index is -0.728. The lowest BCUT2D eigenvalue weighted by Crippen LogP contribution is -2.31. The van der Waals surface area contributed by atoms with Crippen molar-refractivity contribution in [3.63, 3.8) is 0 Å². The maximum Gasteiger partial charge on any atom is 0.303 e. The summed E-state index contributed by atoms with van der Waals surface area (Å²) < 4.78 is 0. The first-order valence-corrected chi connectivity index (χ1v) is 10.3. The second kappa shape index (κ2) is 8.42. The van der Waals surface area contributed by atoms with E-state index in [4.69, 9.17) is 0 Å². The van der Waals surface area contributed by atoms with Crippen LogP contribution in [0, 0.1) is 11.8 Å². The lowest BCUT2D eigenvalue weighted by Gasteiger charge is -2.27. The Morgan fingerprint density at radius 2 is 1.96 bits per heavy atom. The van der Waals surface area contributed by atoms with Crippen molar-refractivity contribution < 1.29 is 14.7 Å². The van der Waals surface area contributed by atoms with Crippen LogP contribution in [0.4, 0.5) is 5.69 Å². The minimum Gasteiger partial charge on any atom is -0.481 e. The zero-order chi connectivity index (χ0) is 19.4. The molecule has 1 saturated carbocycles. The Kier molecular flexibility index (Phi) is 6.20. The van der Waals surface area contributed by atoms with Crippen LogP contribution in [0.5, 0.6) is 0 Å². The predicted molar refractivity (Wildman–Crippen MR) is 107 cm³/mol. The van der Waals surface area contributed by atoms with Crippen LogP contribution < -0.4 is 5.32 Å². The smallest absolute Gasteiger partial charge is 0.303 e. The van der Waals surface area contributed by atoms with Gasteiger partial charge in [0.05, 0.1) is 0 Å². The number of anilines is 1. The Balaban J connectivity index is 1.69. The largest absolute Gasteiger partial charge is 0.481 e. The third kappa shape index (κ3) is 4.34. The van der Waals surface area contributed by atoms with Gasteiger partial charge in [0.25, 0.3) is 0 Å². The molecule has 2 unspecified atom stereocenters. The van der Waals surface area contributed by atoms with Gasteiger partial charge in [0.1, 0.15) is 0 Å². The van der Waals surface area contributed by atoms with E-state index in [0.29, 0.717) is 18.3 Å². The molecular formula is C22H32N2O3. The highest BCUT2D eigenvalue weighted by molar-refractivity contribution is 5.88. The fourth-order valence-electron chi connectivity index (χ4n) is 5.11. The maximum absolute atomic E-state index is 11.4. The number of piperidine rings is 1. The molecule has 2 fully saturated rings. The normalized spacial score (nSPS) is 26.6. The number of fused-ring (bicyclic) bond motifs is 1. The molecule has 1 amide bonds. The molecule has 5 nitrogen and oxygen atoms in total. The van der Waals surface area contributed by atoms with E-state index in [1.165, 1.54) is 38.2 Å². The lowest BCUT2D eigenvalue weighted by molar-refractivity contribution is -0.137. The molecule has 0 bridgehead atoms. The minimum absolute atomic E-state index is 0.0349. The third-order valence-corrected chi connectivity index (χ3v) is 6.41. The molecule has 2 N–H and O–H groups in total. The Morgan fingerprint density at radius 3 is 2.59 bits per heavy atom. The van der Waals surface area contributed by atoms with Crippen molar-refractivity contribution in [2.45, 2.75) is 57.8 Å². The van der Waals surface area contributed by atoms with Crippen molar-refractivity contribution >= 4 is 17.6 Å². The number of hydrogen-bond acceptors (Lipinski definition) is 3. The second-order valence-electron chi connectivity index (χ2n) is 8.23. The van der Waals surface area contributed by atoms with Crippen molar-refractivity contribution in [1.29, 1.82) is 0 Å². The first-order valence-electron chi connectivity index (χ1n) is 10.3. The van der Waals surface area contributed by atoms with Crippen molar-refractivity contribution in [1.82, 2.24) is 4.90 Å². The monoisotopic (exact) mass is 372 g/mol. The summed E-state index contributed by atoms with van der Waals surface area (Å²) >= 11 is 0. The zero-order valence-corrected chi connectivity index (χ0v) is 16.5. The number of nitrogens with one attached hydrogen (secondary N) is 1. The van der Waals surface area contributed by atoms with Gasteiger partial charge in [-0.15, -0.1) is 0 Å². The zero-order valence-electron chi connectivity index (χ0n) is 16.5. The highest BCUT2D eigenvalue weighted by atomic mass is 16.4. The molecule has 1 aliphatic carbocycles. The molecule has 1 aliphatic heterocycles. The number of carbonyl (C=O) groups excluding carboxylic acids is 1. The van der Waals surface area contributed by atoms with Crippen LogP contribution in [0.1, 0.15) is 57.9 Å². The number of benzene rings is 1. The van der Waals surface area contributed by atoms with Gasteiger partial charge in [-0.05, 0) is 48.9 Å². The number of rotatable bonds is 10. The number of nitrogens with zero attached hydrogens (tertiary/aromatic N) is 1. The Morgan fingerprint density at radius 1 is 1.22 bits per heavy atom. The van der Waals surface area contributed by atoms with Gasteiger partial charge in [-0.25, -0.2) is 0 Å². The number of hydrogen-bond donors (Lipinski definition) is 2. The van der Waals surface area contributed by atoms with E-state index in [2.05, 4.69) is 23.2 Å². The quantitative estimate of drug-likeness (QED) is 0.611. The highest BCUT2D eigenvalue weighted by Gasteiger charge is 2.67. The van der Waals surface area contributed by atoms with Gasteiger partial charge >= 0.3 is 5.97 Å². The molecule has 1 aromatic carbocycles. The van der Waals surface area contributed by atoms with Gasteiger partial charge in [-0.2, -0.15) is 0 Å². The van der Waals surface area contributed by atoms with E-state index in [1.54, 1.807) is 0 Å². The summed E-state index contributed by atoms with van der Waals surface area (Å²) in [6.45, 7) is 7.04. The first kappa shape index (κ1) is 19.9. The average molecular weight is 373 g/mol. The Bertz CT molecular complexity index is 676. The summed E-state index contributed by atoms with van der Waals surface area (Å²) in [4.78, 5) is 25.2. The summed E-state index contributed by atoms with van der Waals surface area (Å²) in [5.74, 6) is 0.265. The van der Waals surface area contributed by atoms with Crippen LogP contribution in [0.3, 0.4) is 0 Å². The van der Waals surface area contributed by atoms with Crippen molar-refractivity contribution in [3.8, 4) is 0 Å². The standard InChI is InChI=1S/C22H32N2O3/c1-3-4-5-6-12-24-14-19-20(15-24)22(19,11-10-21(26)27)17-8-7-9-18(13-17)23-16(2)25/h7-9,13,19-20H,3-6,10-12,14-15H2,1-2H3,(H,23,25)(H,26,27). The van der Waals surface area contributed by atoms with Crippen LogP contribution >= 0.6 is 0 Å². The van der Waals surface area contributed by atoms with Gasteiger partial charge in [0, 0.05) is 37.5 Å². The van der Waals surface area contributed by atoms with E-state index in [0.717, 1.165) is 25.3 Å². The number of unbranched alkanes of at least 4 members (excludes halogenated alkanes) is 3. The van der Waals surface area contributed by atoms with E-state index < -0.39 is 5.97 Å². The van der Waals surface area contributed by atoms with Gasteiger partial charge in [-0.3, -0.25) is 9.59 Å². The first-order chi connectivity index (χ1) is 13.0. The average Bonchev–Trinajstić information content (AvgIpc) is 2.99. The molecular weight excluding hydrogens is 340 g/mol. The maximum atomic E-state index is 11.4. The topological polar surface area (TPSA) is 69.6 Å². The van der Waals surface area contributed by atoms with Crippen molar-refractivity contribution in [2.24, 2.45) is 11.8 Å². The number of carboxylic acid groups (broad SMARTS) is 1. The van der Waals surface area contributed by atoms with Crippen molar-refractivity contribution in [3.05, 3.63) is 29.8 Å². The van der Waals surface area contributed by atoms with E-state index >= 15 is 0 Å². The van der Waals surface area contributed by atoms with Crippen LogP contribution in [0.15, 0.2) is 24.3 Å². The molecule has 2 aliphatic rings. The van der Waals surface area contributed by atoms with E-state index in [1.807, 2.05) is 18.2 Å². The number of likely N-dealkylation sites (tertiary alicyclic amines) is 1. The third-order valence-electron chi connectivity index (χ3n) is 6.41. The SMILES string of the molecule is CCCCCCN1CC2C(C1)C2(CCC(=O)O)c1cccc(NC(C)=O)c1. The number of aliphatic carboxylic acids is 1. The van der Waals surface area contributed by atoms with Gasteiger partial charge in [0.15, 0.2) is 0 Å². The number of carboxylic acids is 1. The summed E-state index contributed by atoms with van der Waals surface area (Å²) in [6.07, 6.45) is 6.00. The summed E-state index contributed by atoms with van der Waals surface area (Å²) in [6, 6.07) is 8.03. The van der Waals surface area contributed by atoms with E-state index in [9.17, 15) is 14.7 Å². The molecule has 2 atom stereocenters. The summed E-state index contributed by atoms with van der Waals surface area (Å²) in [7, 11) is 0. The van der Waals surface area contributed by atoms with Gasteiger partial charge < -0.3 is 15.3 Å². The lowest BCUT2D eigenvalue weighted by atomic mass is 9.85. The fraction of sp³-hybridized carbons (Fsp3) is 0.636. The molecule has 148 valence electrons. The van der Waals surface area contributed by atoms with E-state index in [-0.39, 0.29) is 17.7 Å². The van der Waals surface area contributed by atoms with Crippen LogP contribution in [0.25, 0.3) is 0 Å². The molecule has 27 heavy (non-hydrogen) atoms. The molecule has 3 rings (SSSR count). The van der Waals surface area contributed by atoms with Crippen LogP contribution in [0.2, 0.25) is 0 Å². The van der Waals surface area contributed by atoms with Crippen LogP contribution in [-0.4, -0.2) is 41.5 Å².